The van der Waals surface area contributed by atoms with Gasteiger partial charge in [-0.2, -0.15) is 0 Å². The Hall–Kier alpha value is -1.13. The second-order valence-corrected chi connectivity index (χ2v) is 6.07. The fraction of sp³-hybridized carbons (Fsp3) is 0.769. The monoisotopic (exact) mass is 259 g/mol. The fourth-order valence-electron chi connectivity index (χ4n) is 2.29. The second kappa shape index (κ2) is 4.21. The summed E-state index contributed by atoms with van der Waals surface area (Å²) in [6.07, 6.45) is 0.502. The Bertz CT molecular complexity index is 381. The highest BCUT2D eigenvalue weighted by Gasteiger charge is 2.53. The standard InChI is InChI=1S/C13H19F2NO2/c1-12(2,3)18-11(17)16-7-4-9(10(14)15)8-13(16)5-6-13/h4,10H,5-8H2,1-3H3. The Morgan fingerprint density at radius 2 is 2.06 bits per heavy atom. The van der Waals surface area contributed by atoms with Crippen LogP contribution in [0.25, 0.3) is 0 Å². The van der Waals surface area contributed by atoms with E-state index in [-0.39, 0.29) is 18.5 Å². The maximum Gasteiger partial charge on any atom is 0.411 e. The molecule has 2 rings (SSSR count). The predicted molar refractivity (Wildman–Crippen MR) is 63.6 cm³/mol. The van der Waals surface area contributed by atoms with Gasteiger partial charge in [-0.05, 0) is 45.6 Å². The average Bonchev–Trinajstić information content (AvgIpc) is 2.95. The molecule has 0 saturated heterocycles. The summed E-state index contributed by atoms with van der Waals surface area (Å²) in [4.78, 5) is 13.6. The molecule has 102 valence electrons. The van der Waals surface area contributed by atoms with E-state index in [4.69, 9.17) is 4.74 Å². The Morgan fingerprint density at radius 1 is 1.44 bits per heavy atom. The van der Waals surface area contributed by atoms with Crippen molar-refractivity contribution < 1.29 is 18.3 Å². The van der Waals surface area contributed by atoms with E-state index in [2.05, 4.69) is 0 Å². The quantitative estimate of drug-likeness (QED) is 0.676. The average molecular weight is 259 g/mol. The van der Waals surface area contributed by atoms with Crippen molar-refractivity contribution in [3.05, 3.63) is 11.6 Å². The molecular weight excluding hydrogens is 240 g/mol. The molecular formula is C13H19F2NO2. The van der Waals surface area contributed by atoms with Crippen molar-refractivity contribution in [2.45, 2.75) is 57.6 Å². The van der Waals surface area contributed by atoms with Crippen LogP contribution in [0.3, 0.4) is 0 Å². The molecule has 2 aliphatic rings. The Balaban J connectivity index is 2.09. The largest absolute Gasteiger partial charge is 0.444 e. The molecule has 0 atom stereocenters. The number of ether oxygens (including phenoxy) is 1. The number of carbonyl (C=O) groups is 1. The molecule has 3 nitrogen and oxygen atoms in total. The first-order valence-corrected chi connectivity index (χ1v) is 6.21. The van der Waals surface area contributed by atoms with Crippen LogP contribution in [0, 0.1) is 0 Å². The number of hydrogen-bond donors (Lipinski definition) is 0. The maximum absolute atomic E-state index is 12.7. The van der Waals surface area contributed by atoms with Gasteiger partial charge in [-0.1, -0.05) is 6.08 Å². The third-order valence-electron chi connectivity index (χ3n) is 3.36. The molecule has 1 heterocycles. The Morgan fingerprint density at radius 3 is 2.50 bits per heavy atom. The molecule has 0 N–H and O–H groups in total. The minimum Gasteiger partial charge on any atom is -0.444 e. The summed E-state index contributed by atoms with van der Waals surface area (Å²) in [7, 11) is 0. The van der Waals surface area contributed by atoms with Crippen LogP contribution in [0.2, 0.25) is 0 Å². The third kappa shape index (κ3) is 2.65. The molecule has 0 aromatic rings. The normalized spacial score (nSPS) is 22.1. The van der Waals surface area contributed by atoms with E-state index in [9.17, 15) is 13.6 Å². The number of hydrogen-bond acceptors (Lipinski definition) is 2. The first kappa shape index (κ1) is 13.3. The van der Waals surface area contributed by atoms with Gasteiger partial charge >= 0.3 is 6.09 Å². The van der Waals surface area contributed by atoms with E-state index in [1.807, 2.05) is 0 Å². The summed E-state index contributed by atoms with van der Waals surface area (Å²) in [5.41, 5.74) is -0.796. The smallest absolute Gasteiger partial charge is 0.411 e. The molecule has 1 amide bonds. The Kier molecular flexibility index (Phi) is 3.11. The number of nitrogens with zero attached hydrogens (tertiary/aromatic N) is 1. The molecule has 0 aromatic heterocycles. The number of amides is 1. The van der Waals surface area contributed by atoms with E-state index in [0.29, 0.717) is 0 Å². The zero-order valence-corrected chi connectivity index (χ0v) is 11.0. The molecule has 1 spiro atoms. The summed E-state index contributed by atoms with van der Waals surface area (Å²) in [5, 5.41) is 0. The van der Waals surface area contributed by atoms with Crippen molar-refractivity contribution >= 4 is 6.09 Å². The number of alkyl halides is 2. The van der Waals surface area contributed by atoms with Crippen molar-refractivity contribution in [3.8, 4) is 0 Å². The van der Waals surface area contributed by atoms with Gasteiger partial charge in [0.1, 0.15) is 5.60 Å². The zero-order valence-electron chi connectivity index (χ0n) is 11.0. The molecule has 0 radical (unpaired) electrons. The van der Waals surface area contributed by atoms with Gasteiger partial charge < -0.3 is 4.74 Å². The van der Waals surface area contributed by atoms with Gasteiger partial charge in [0.15, 0.2) is 0 Å². The number of halogens is 2. The first-order chi connectivity index (χ1) is 8.23. The summed E-state index contributed by atoms with van der Waals surface area (Å²) in [6, 6.07) is 0. The highest BCUT2D eigenvalue weighted by Crippen LogP contribution is 2.49. The van der Waals surface area contributed by atoms with Gasteiger partial charge in [-0.3, -0.25) is 4.90 Å². The SMILES string of the molecule is CC(C)(C)OC(=O)N1CC=C(C(F)F)CC12CC2. The van der Waals surface area contributed by atoms with E-state index in [1.165, 1.54) is 6.08 Å². The van der Waals surface area contributed by atoms with Crippen molar-refractivity contribution in [1.82, 2.24) is 4.90 Å². The lowest BCUT2D eigenvalue weighted by Crippen LogP contribution is -2.47. The van der Waals surface area contributed by atoms with Crippen LogP contribution in [0.5, 0.6) is 0 Å². The summed E-state index contributed by atoms with van der Waals surface area (Å²) in [5.74, 6) is 0. The fourth-order valence-corrected chi connectivity index (χ4v) is 2.29. The minimum absolute atomic E-state index is 0.160. The Labute approximate surface area is 106 Å². The minimum atomic E-state index is -2.41. The van der Waals surface area contributed by atoms with E-state index >= 15 is 0 Å². The first-order valence-electron chi connectivity index (χ1n) is 6.21. The topological polar surface area (TPSA) is 29.5 Å². The zero-order chi connectivity index (χ0) is 13.6. The van der Waals surface area contributed by atoms with Crippen LogP contribution in [0.4, 0.5) is 13.6 Å². The molecule has 0 bridgehead atoms. The second-order valence-electron chi connectivity index (χ2n) is 6.07. The lowest BCUT2D eigenvalue weighted by atomic mass is 9.98. The lowest BCUT2D eigenvalue weighted by molar-refractivity contribution is 0.0126. The van der Waals surface area contributed by atoms with Gasteiger partial charge in [0.2, 0.25) is 0 Å². The molecule has 18 heavy (non-hydrogen) atoms. The van der Waals surface area contributed by atoms with Crippen molar-refractivity contribution in [2.24, 2.45) is 0 Å². The molecule has 1 aliphatic heterocycles. The van der Waals surface area contributed by atoms with E-state index < -0.39 is 23.7 Å². The molecule has 5 heteroatoms. The third-order valence-corrected chi connectivity index (χ3v) is 3.36. The van der Waals surface area contributed by atoms with Crippen molar-refractivity contribution in [3.63, 3.8) is 0 Å². The van der Waals surface area contributed by atoms with Crippen molar-refractivity contribution in [1.29, 1.82) is 0 Å². The highest BCUT2D eigenvalue weighted by molar-refractivity contribution is 5.70. The summed E-state index contributed by atoms with van der Waals surface area (Å²) in [6.45, 7) is 5.63. The molecule has 1 saturated carbocycles. The van der Waals surface area contributed by atoms with Gasteiger partial charge in [0, 0.05) is 6.54 Å². The predicted octanol–water partition coefficient (Wildman–Crippen LogP) is 3.35. The van der Waals surface area contributed by atoms with Crippen molar-refractivity contribution in [2.75, 3.05) is 6.54 Å². The van der Waals surface area contributed by atoms with Gasteiger partial charge in [0.05, 0.1) is 5.54 Å². The van der Waals surface area contributed by atoms with E-state index in [0.717, 1.165) is 12.8 Å². The van der Waals surface area contributed by atoms with Crippen LogP contribution in [0.15, 0.2) is 11.6 Å². The van der Waals surface area contributed by atoms with Gasteiger partial charge in [-0.25, -0.2) is 13.6 Å². The van der Waals surface area contributed by atoms with Crippen LogP contribution in [-0.2, 0) is 4.74 Å². The molecule has 1 fully saturated rings. The summed E-state index contributed by atoms with van der Waals surface area (Å²) < 4.78 is 30.7. The number of carbonyl (C=O) groups excluding carboxylic acids is 1. The van der Waals surface area contributed by atoms with Crippen LogP contribution >= 0.6 is 0 Å². The van der Waals surface area contributed by atoms with Gasteiger partial charge in [0.25, 0.3) is 6.43 Å². The maximum atomic E-state index is 12.7. The number of rotatable bonds is 1. The lowest BCUT2D eigenvalue weighted by Gasteiger charge is -2.36. The molecule has 0 aromatic carbocycles. The van der Waals surface area contributed by atoms with Gasteiger partial charge in [-0.15, -0.1) is 0 Å². The molecule has 0 unspecified atom stereocenters. The molecule has 1 aliphatic carbocycles. The van der Waals surface area contributed by atoms with Crippen LogP contribution in [0.1, 0.15) is 40.0 Å². The van der Waals surface area contributed by atoms with Crippen LogP contribution in [-0.4, -0.2) is 35.1 Å². The van der Waals surface area contributed by atoms with Crippen LogP contribution < -0.4 is 0 Å². The highest BCUT2D eigenvalue weighted by atomic mass is 19.3. The summed E-state index contributed by atoms with van der Waals surface area (Å²) >= 11 is 0. The van der Waals surface area contributed by atoms with E-state index in [1.54, 1.807) is 25.7 Å².